The lowest BCUT2D eigenvalue weighted by Gasteiger charge is -2.20. The van der Waals surface area contributed by atoms with E-state index in [0.29, 0.717) is 5.56 Å². The van der Waals surface area contributed by atoms with Crippen molar-refractivity contribution in [2.24, 2.45) is 0 Å². The molecule has 0 fully saturated rings. The van der Waals surface area contributed by atoms with Gasteiger partial charge in [-0.15, -0.1) is 0 Å². The molecule has 0 atom stereocenters. The highest BCUT2D eigenvalue weighted by molar-refractivity contribution is 6.17. The molecule has 13 aromatic carbocycles. The third kappa shape index (κ3) is 7.01. The van der Waals surface area contributed by atoms with Crippen molar-refractivity contribution in [3.63, 3.8) is 0 Å². The molecule has 0 aliphatic heterocycles. The van der Waals surface area contributed by atoms with E-state index >= 15 is 0 Å². The summed E-state index contributed by atoms with van der Waals surface area (Å²) in [6.45, 7) is 0. The van der Waals surface area contributed by atoms with E-state index in [9.17, 15) is 5.26 Å². The fraction of sp³-hybridized carbons (Fsp3) is 0. The summed E-state index contributed by atoms with van der Waals surface area (Å²) < 4.78 is 14.5. The molecule has 0 saturated heterocycles. The van der Waals surface area contributed by atoms with Crippen LogP contribution < -0.4 is 0 Å². The maximum absolute atomic E-state index is 10.3. The van der Waals surface area contributed by atoms with Gasteiger partial charge in [-0.3, -0.25) is 4.98 Å². The molecule has 0 radical (unpaired) electrons. The van der Waals surface area contributed by atoms with Crippen molar-refractivity contribution in [2.75, 3.05) is 0 Å². The average molecular weight is 1170 g/mol. The molecule has 8 heteroatoms. The average Bonchev–Trinajstić information content (AvgIpc) is 1.81. The number of hydrogen-bond donors (Lipinski definition) is 0. The zero-order valence-corrected chi connectivity index (χ0v) is 49.4. The quantitative estimate of drug-likeness (QED) is 0.160. The first-order valence-electron chi connectivity index (χ1n) is 31.2. The first kappa shape index (κ1) is 50.3. The van der Waals surface area contributed by atoms with E-state index in [4.69, 9.17) is 4.98 Å². The van der Waals surface area contributed by atoms with Crippen molar-refractivity contribution in [2.45, 2.75) is 0 Å². The summed E-state index contributed by atoms with van der Waals surface area (Å²) >= 11 is 0. The number of pyridine rings is 1. The highest BCUT2D eigenvalue weighted by Gasteiger charge is 2.26. The Morgan fingerprint density at radius 3 is 0.696 bits per heavy atom. The summed E-state index contributed by atoms with van der Waals surface area (Å²) in [6, 6.07) is 108. The first-order valence-corrected chi connectivity index (χ1v) is 31.2. The van der Waals surface area contributed by atoms with Gasteiger partial charge in [0.2, 0.25) is 0 Å². The molecule has 20 rings (SSSR count). The summed E-state index contributed by atoms with van der Waals surface area (Å²) in [5, 5.41) is 24.5. The zero-order chi connectivity index (χ0) is 60.3. The summed E-state index contributed by atoms with van der Waals surface area (Å²) in [5.41, 5.74) is 21.9. The van der Waals surface area contributed by atoms with Crippen LogP contribution in [-0.2, 0) is 0 Å². The monoisotopic (exact) mass is 1170 g/mol. The molecule has 0 amide bonds. The number of benzene rings is 13. The van der Waals surface area contributed by atoms with E-state index in [-0.39, 0.29) is 0 Å². The van der Waals surface area contributed by atoms with Crippen LogP contribution in [0.4, 0.5) is 0 Å². The number of nitriles is 1. The Hall–Kier alpha value is -12.7. The number of nitrogens with zero attached hydrogens (tertiary/aromatic N) is 8. The second kappa shape index (κ2) is 19.2. The summed E-state index contributed by atoms with van der Waals surface area (Å²) in [4.78, 5) is 5.34. The van der Waals surface area contributed by atoms with Gasteiger partial charge in [0, 0.05) is 92.9 Å². The lowest BCUT2D eigenvalue weighted by molar-refractivity contribution is 1.09. The fourth-order valence-electron chi connectivity index (χ4n) is 15.7. The van der Waals surface area contributed by atoms with Crippen molar-refractivity contribution >= 4 is 131 Å². The fourth-order valence-corrected chi connectivity index (χ4v) is 15.7. The number of hydrogen-bond acceptors (Lipinski definition) is 2. The van der Waals surface area contributed by atoms with E-state index in [0.717, 1.165) is 133 Å². The predicted molar refractivity (Wildman–Crippen MR) is 380 cm³/mol. The van der Waals surface area contributed by atoms with Crippen LogP contribution in [0.5, 0.6) is 0 Å². The number of para-hydroxylation sites is 8. The van der Waals surface area contributed by atoms with Gasteiger partial charge in [0.25, 0.3) is 0 Å². The second-order valence-corrected chi connectivity index (χ2v) is 24.2. The lowest BCUT2D eigenvalue weighted by Crippen LogP contribution is -2.05. The third-order valence-electron chi connectivity index (χ3n) is 19.5. The van der Waals surface area contributed by atoms with Crippen molar-refractivity contribution < 1.29 is 0 Å². The first-order chi connectivity index (χ1) is 45.6. The third-order valence-corrected chi connectivity index (χ3v) is 19.5. The molecule has 0 unspecified atom stereocenters. The van der Waals surface area contributed by atoms with Gasteiger partial charge in [-0.05, 0) is 139 Å². The number of aromatic nitrogens is 7. The molecule has 20 aromatic rings. The Balaban J connectivity index is 0.886. The van der Waals surface area contributed by atoms with E-state index in [2.05, 4.69) is 313 Å². The molecule has 426 valence electrons. The standard InChI is InChI=1S/C84H50N8/c85-49-52-33-35-53(36-34-52)84-82(91-78-41-37-54(87-70-25-9-1-17-58(70)59-18-2-10-26-71(59)87)45-66(78)67-46-55(38-42-79(67)91)88-72-27-11-3-19-60(72)61-20-4-12-28-73(61)88)50-86-51-83(84)92-80-43-39-56(89-74-29-13-5-21-62(74)63-22-6-14-30-75(63)89)47-68(80)69-48-57(40-44-81(69)92)90-76-31-15-7-23-64(76)65-24-8-16-32-77(65)90/h1-48,50-51H. The zero-order valence-electron chi connectivity index (χ0n) is 49.4. The van der Waals surface area contributed by atoms with E-state index < -0.39 is 0 Å². The predicted octanol–water partition coefficient (Wildman–Crippen LogP) is 21.2. The molecule has 8 nitrogen and oxygen atoms in total. The Morgan fingerprint density at radius 1 is 0.228 bits per heavy atom. The summed E-state index contributed by atoms with van der Waals surface area (Å²) in [6.07, 6.45) is 4.07. The van der Waals surface area contributed by atoms with Crippen LogP contribution in [0.25, 0.3) is 176 Å². The molecule has 7 aromatic heterocycles. The van der Waals surface area contributed by atoms with Crippen LogP contribution in [0.2, 0.25) is 0 Å². The van der Waals surface area contributed by atoms with Crippen molar-refractivity contribution in [1.29, 1.82) is 5.26 Å². The van der Waals surface area contributed by atoms with Gasteiger partial charge in [-0.25, -0.2) is 0 Å². The van der Waals surface area contributed by atoms with E-state index in [1.54, 1.807) is 0 Å². The Labute approximate surface area is 526 Å². The van der Waals surface area contributed by atoms with Gasteiger partial charge >= 0.3 is 0 Å². The highest BCUT2D eigenvalue weighted by atomic mass is 15.1. The van der Waals surface area contributed by atoms with Crippen LogP contribution >= 0.6 is 0 Å². The normalized spacial score (nSPS) is 12.1. The smallest absolute Gasteiger partial charge is 0.0991 e. The van der Waals surface area contributed by atoms with Crippen LogP contribution in [0.15, 0.2) is 304 Å². The topological polar surface area (TPSA) is 66.3 Å². The van der Waals surface area contributed by atoms with Crippen molar-refractivity contribution in [1.82, 2.24) is 32.4 Å². The minimum atomic E-state index is 0.588. The Bertz CT molecular complexity index is 5660. The Morgan fingerprint density at radius 2 is 0.457 bits per heavy atom. The van der Waals surface area contributed by atoms with Gasteiger partial charge in [-0.1, -0.05) is 158 Å². The van der Waals surface area contributed by atoms with E-state index in [1.807, 2.05) is 24.5 Å². The molecule has 92 heavy (non-hydrogen) atoms. The van der Waals surface area contributed by atoms with Crippen LogP contribution in [0, 0.1) is 11.3 Å². The minimum Gasteiger partial charge on any atom is -0.309 e. The minimum absolute atomic E-state index is 0.588. The molecule has 0 aliphatic rings. The van der Waals surface area contributed by atoms with Crippen molar-refractivity contribution in [3.8, 4) is 51.3 Å². The van der Waals surface area contributed by atoms with Crippen LogP contribution in [0.1, 0.15) is 5.56 Å². The SMILES string of the molecule is N#Cc1ccc(-c2c(-n3c4ccc(-n5c6ccccc6c6ccccc65)cc4c4cc(-n5c6ccccc6c6ccccc65)ccc43)cncc2-n2c3ccc(-n4c5ccccc5c5ccccc54)cc3c3cc(-n4c5ccccc5c5ccccc54)ccc32)cc1. The second-order valence-electron chi connectivity index (χ2n) is 24.2. The van der Waals surface area contributed by atoms with Gasteiger partial charge in [0.1, 0.15) is 0 Å². The summed E-state index contributed by atoms with van der Waals surface area (Å²) in [5.74, 6) is 0. The molecule has 7 heterocycles. The van der Waals surface area contributed by atoms with E-state index in [1.165, 1.54) is 43.1 Å². The Kier molecular flexibility index (Phi) is 10.5. The molecule has 0 saturated carbocycles. The van der Waals surface area contributed by atoms with Gasteiger partial charge in [0.05, 0.1) is 102 Å². The van der Waals surface area contributed by atoms with Crippen molar-refractivity contribution in [3.05, 3.63) is 309 Å². The molecule has 0 aliphatic carbocycles. The molecule has 0 N–H and O–H groups in total. The maximum atomic E-state index is 10.3. The molecule has 0 bridgehead atoms. The molecular weight excluding hydrogens is 1120 g/mol. The molecule has 0 spiro atoms. The maximum Gasteiger partial charge on any atom is 0.0991 e. The lowest BCUT2D eigenvalue weighted by atomic mass is 10.0. The number of fused-ring (bicyclic) bond motifs is 18. The number of rotatable bonds is 7. The van der Waals surface area contributed by atoms with Gasteiger partial charge in [-0.2, -0.15) is 5.26 Å². The van der Waals surface area contributed by atoms with Crippen LogP contribution in [-0.4, -0.2) is 32.4 Å². The molecular formula is C84H50N8. The summed E-state index contributed by atoms with van der Waals surface area (Å²) in [7, 11) is 0. The van der Waals surface area contributed by atoms with Crippen LogP contribution in [0.3, 0.4) is 0 Å². The largest absolute Gasteiger partial charge is 0.309 e. The van der Waals surface area contributed by atoms with Gasteiger partial charge in [0.15, 0.2) is 0 Å². The highest BCUT2D eigenvalue weighted by Crippen LogP contribution is 2.46. The van der Waals surface area contributed by atoms with Gasteiger partial charge < -0.3 is 27.4 Å².